The molecule has 0 aliphatic carbocycles. The highest BCUT2D eigenvalue weighted by atomic mass is 16.5. The fourth-order valence-corrected chi connectivity index (χ4v) is 4.81. The third-order valence-corrected chi connectivity index (χ3v) is 7.13. The largest absolute Gasteiger partial charge is 0.479 e. The molecule has 43 heavy (non-hydrogen) atoms. The maximum absolute atomic E-state index is 13.4. The number of carboxylic acid groups (broad SMARTS) is 1. The molecule has 0 saturated carbocycles. The SMILES string of the molecule is C=NC(/C=C(\CC)C(C)=C1C(=O)N(C(=O)NC(c2ccccc2)c2ccccc2)C1C(=O)O)=NC(=O)OCCCCCC. The molecule has 3 rings (SSSR count). The Balaban J connectivity index is 1.85. The number of allylic oxidation sites excluding steroid dienone is 2. The van der Waals surface area contributed by atoms with Crippen LogP contribution in [-0.2, 0) is 14.3 Å². The Morgan fingerprint density at radius 2 is 1.63 bits per heavy atom. The van der Waals surface area contributed by atoms with Gasteiger partial charge in [-0.25, -0.2) is 24.3 Å². The van der Waals surface area contributed by atoms with E-state index in [-0.39, 0.29) is 18.0 Å². The summed E-state index contributed by atoms with van der Waals surface area (Å²) in [6, 6.07) is 15.4. The van der Waals surface area contributed by atoms with Crippen LogP contribution < -0.4 is 5.32 Å². The van der Waals surface area contributed by atoms with E-state index in [1.807, 2.05) is 60.7 Å². The Kier molecular flexibility index (Phi) is 12.1. The summed E-state index contributed by atoms with van der Waals surface area (Å²) < 4.78 is 5.14. The third-order valence-electron chi connectivity index (χ3n) is 7.13. The molecule has 2 N–H and O–H groups in total. The molecule has 2 aromatic rings. The number of amidine groups is 1. The third kappa shape index (κ3) is 8.34. The first kappa shape index (κ1) is 32.7. The zero-order chi connectivity index (χ0) is 31.4. The number of imide groups is 1. The molecular formula is C33H38N4O6. The fourth-order valence-electron chi connectivity index (χ4n) is 4.81. The second-order valence-corrected chi connectivity index (χ2v) is 9.98. The minimum absolute atomic E-state index is 0.0304. The van der Waals surface area contributed by atoms with Gasteiger partial charge in [-0.05, 0) is 54.8 Å². The van der Waals surface area contributed by atoms with Crippen molar-refractivity contribution in [3.63, 3.8) is 0 Å². The standard InChI is InChI=1S/C33H38N4O6/c1-5-7-8-15-20-43-33(42)35-26(34-4)21-23(6-2)22(3)27-29(31(39)40)37(30(27)38)32(41)36-28(24-16-11-9-12-17-24)25-18-13-10-14-19-25/h9-14,16-19,21,28-29H,4-8,15,20H2,1-3H3,(H,36,41)(H,39,40)/b23-21+,27-22?,35-26?. The molecule has 1 aliphatic rings. The molecular weight excluding hydrogens is 548 g/mol. The molecule has 4 amide bonds. The first-order valence-corrected chi connectivity index (χ1v) is 14.3. The number of β-lactam (4-membered cyclic amide) rings is 1. The molecule has 1 saturated heterocycles. The number of aliphatic carboxylic acids is 1. The molecule has 226 valence electrons. The molecule has 10 nitrogen and oxygen atoms in total. The lowest BCUT2D eigenvalue weighted by Gasteiger charge is -2.40. The van der Waals surface area contributed by atoms with Crippen LogP contribution in [0.15, 0.2) is 93.4 Å². The predicted molar refractivity (Wildman–Crippen MR) is 165 cm³/mol. The van der Waals surface area contributed by atoms with E-state index in [4.69, 9.17) is 4.74 Å². The maximum Gasteiger partial charge on any atom is 0.435 e. The number of carbonyl (C=O) groups is 4. The zero-order valence-corrected chi connectivity index (χ0v) is 24.8. The summed E-state index contributed by atoms with van der Waals surface area (Å²) in [7, 11) is 0. The van der Waals surface area contributed by atoms with Crippen molar-refractivity contribution in [2.24, 2.45) is 9.98 Å². The first-order valence-electron chi connectivity index (χ1n) is 14.3. The average Bonchev–Trinajstić information content (AvgIpc) is 3.01. The molecule has 10 heteroatoms. The number of rotatable bonds is 12. The second-order valence-electron chi connectivity index (χ2n) is 9.98. The molecule has 0 radical (unpaired) electrons. The number of likely N-dealkylation sites (tertiary alicyclic amines) is 1. The van der Waals surface area contributed by atoms with E-state index in [1.165, 1.54) is 6.08 Å². The van der Waals surface area contributed by atoms with Gasteiger partial charge >= 0.3 is 18.1 Å². The molecule has 0 aromatic heterocycles. The van der Waals surface area contributed by atoms with Crippen molar-refractivity contribution in [2.45, 2.75) is 65.0 Å². The van der Waals surface area contributed by atoms with Gasteiger partial charge in [0.15, 0.2) is 11.9 Å². The molecule has 0 spiro atoms. The van der Waals surface area contributed by atoms with Crippen LogP contribution in [0.1, 0.15) is 70.0 Å². The van der Waals surface area contributed by atoms with E-state index in [0.29, 0.717) is 22.5 Å². The number of urea groups is 1. The highest BCUT2D eigenvalue weighted by Gasteiger charge is 2.52. The van der Waals surface area contributed by atoms with Crippen LogP contribution in [0.5, 0.6) is 0 Å². The van der Waals surface area contributed by atoms with Gasteiger partial charge in [-0.1, -0.05) is 93.8 Å². The Hall–Kier alpha value is -4.86. The van der Waals surface area contributed by atoms with Crippen molar-refractivity contribution in [3.05, 3.63) is 94.6 Å². The molecule has 1 fully saturated rings. The monoisotopic (exact) mass is 586 g/mol. The number of nitrogens with zero attached hydrogens (tertiary/aromatic N) is 3. The van der Waals surface area contributed by atoms with Crippen molar-refractivity contribution in [3.8, 4) is 0 Å². The average molecular weight is 587 g/mol. The molecule has 1 heterocycles. The van der Waals surface area contributed by atoms with Gasteiger partial charge in [0, 0.05) is 0 Å². The molecule has 1 atom stereocenters. The van der Waals surface area contributed by atoms with Crippen LogP contribution in [-0.4, -0.2) is 59.2 Å². The van der Waals surface area contributed by atoms with E-state index in [1.54, 1.807) is 13.8 Å². The van der Waals surface area contributed by atoms with Crippen LogP contribution in [0.25, 0.3) is 0 Å². The maximum atomic E-state index is 13.4. The van der Waals surface area contributed by atoms with Crippen LogP contribution >= 0.6 is 0 Å². The van der Waals surface area contributed by atoms with E-state index in [9.17, 15) is 24.3 Å². The lowest BCUT2D eigenvalue weighted by Crippen LogP contribution is -2.64. The van der Waals surface area contributed by atoms with E-state index in [0.717, 1.165) is 36.8 Å². The Morgan fingerprint density at radius 1 is 1.02 bits per heavy atom. The minimum Gasteiger partial charge on any atom is -0.479 e. The molecule has 0 bridgehead atoms. The van der Waals surface area contributed by atoms with Gasteiger partial charge in [0.25, 0.3) is 5.91 Å². The molecule has 1 aliphatic heterocycles. The Morgan fingerprint density at radius 3 is 2.14 bits per heavy atom. The summed E-state index contributed by atoms with van der Waals surface area (Å²) in [6.45, 7) is 9.18. The number of aliphatic imine (C=N–C) groups is 2. The van der Waals surface area contributed by atoms with Crippen molar-refractivity contribution in [2.75, 3.05) is 6.61 Å². The van der Waals surface area contributed by atoms with Crippen molar-refractivity contribution >= 4 is 36.6 Å². The van der Waals surface area contributed by atoms with Crippen LogP contribution in [0.3, 0.4) is 0 Å². The number of ether oxygens (including phenoxy) is 1. The number of nitrogens with one attached hydrogen (secondary N) is 1. The highest BCUT2D eigenvalue weighted by molar-refractivity contribution is 6.18. The van der Waals surface area contributed by atoms with Crippen LogP contribution in [0.4, 0.5) is 9.59 Å². The number of amides is 4. The lowest BCUT2D eigenvalue weighted by molar-refractivity contribution is -0.151. The van der Waals surface area contributed by atoms with Gasteiger partial charge in [0.05, 0.1) is 18.2 Å². The summed E-state index contributed by atoms with van der Waals surface area (Å²) in [5.74, 6) is -2.10. The molecule has 2 aromatic carbocycles. The Bertz CT molecular complexity index is 1380. The topological polar surface area (TPSA) is 138 Å². The van der Waals surface area contributed by atoms with Gasteiger partial charge in [-0.2, -0.15) is 4.99 Å². The van der Waals surface area contributed by atoms with Gasteiger partial charge in [-0.3, -0.25) is 4.79 Å². The number of carboxylic acids is 1. The minimum atomic E-state index is -1.50. The Labute approximate surface area is 251 Å². The van der Waals surface area contributed by atoms with Gasteiger partial charge in [-0.15, -0.1) is 0 Å². The van der Waals surface area contributed by atoms with Gasteiger partial charge < -0.3 is 15.2 Å². The van der Waals surface area contributed by atoms with Crippen molar-refractivity contribution < 1.29 is 29.0 Å². The van der Waals surface area contributed by atoms with Gasteiger partial charge in [0.1, 0.15) is 0 Å². The zero-order valence-electron chi connectivity index (χ0n) is 24.8. The number of benzene rings is 2. The number of hydrogen-bond acceptors (Lipinski definition) is 5. The number of unbranched alkanes of at least 4 members (excludes halogenated alkanes) is 3. The molecule has 1 unspecified atom stereocenters. The smallest absolute Gasteiger partial charge is 0.435 e. The summed E-state index contributed by atoms with van der Waals surface area (Å²) in [6.07, 6.45) is 4.80. The summed E-state index contributed by atoms with van der Waals surface area (Å²) in [4.78, 5) is 59.6. The van der Waals surface area contributed by atoms with Crippen LogP contribution in [0.2, 0.25) is 0 Å². The fraction of sp³-hybridized carbons (Fsp3) is 0.333. The summed E-state index contributed by atoms with van der Waals surface area (Å²) >= 11 is 0. The second kappa shape index (κ2) is 16.0. The number of hydrogen-bond donors (Lipinski definition) is 2. The van der Waals surface area contributed by atoms with Crippen molar-refractivity contribution in [1.82, 2.24) is 10.2 Å². The van der Waals surface area contributed by atoms with E-state index in [2.05, 4.69) is 28.9 Å². The van der Waals surface area contributed by atoms with Gasteiger partial charge in [0.2, 0.25) is 0 Å². The summed E-state index contributed by atoms with van der Waals surface area (Å²) in [5.41, 5.74) is 2.38. The predicted octanol–water partition coefficient (Wildman–Crippen LogP) is 6.25. The van der Waals surface area contributed by atoms with Crippen molar-refractivity contribution in [1.29, 1.82) is 0 Å². The van der Waals surface area contributed by atoms with Crippen LogP contribution in [0, 0.1) is 0 Å². The van der Waals surface area contributed by atoms with E-state index >= 15 is 0 Å². The number of carbonyl (C=O) groups excluding carboxylic acids is 3. The highest BCUT2D eigenvalue weighted by Crippen LogP contribution is 2.34. The summed E-state index contributed by atoms with van der Waals surface area (Å²) in [5, 5.41) is 12.9. The quantitative estimate of drug-likeness (QED) is 0.0991. The normalized spacial score (nSPS) is 16.4. The first-order chi connectivity index (χ1) is 20.7. The lowest BCUT2D eigenvalue weighted by atomic mass is 9.86. The van der Waals surface area contributed by atoms with E-state index < -0.39 is 36.1 Å².